The van der Waals surface area contributed by atoms with Crippen LogP contribution in [0.5, 0.6) is 0 Å². The summed E-state index contributed by atoms with van der Waals surface area (Å²) >= 11 is 0. The van der Waals surface area contributed by atoms with Crippen molar-refractivity contribution in [3.05, 3.63) is 34.9 Å². The van der Waals surface area contributed by atoms with E-state index in [1.165, 1.54) is 37.5 Å². The van der Waals surface area contributed by atoms with Gasteiger partial charge in [-0.1, -0.05) is 66.7 Å². The number of carbonyl (C=O) groups is 3. The minimum atomic E-state index is -1.01. The number of allylic oxidation sites excluding steroid dienone is 3. The highest BCUT2D eigenvalue weighted by Crippen LogP contribution is 2.67. The number of fused-ring (bicyclic) bond motifs is 4. The number of aliphatic hydroxyl groups excluding tert-OH is 1. The highest BCUT2D eigenvalue weighted by Gasteiger charge is 2.66. The summed E-state index contributed by atoms with van der Waals surface area (Å²) in [6, 6.07) is 0. The Kier molecular flexibility index (Phi) is 9.21. The quantitative estimate of drug-likeness (QED) is 0.185. The van der Waals surface area contributed by atoms with Crippen LogP contribution in [0.1, 0.15) is 108 Å². The number of hydrogen-bond donors (Lipinski definition) is 1. The van der Waals surface area contributed by atoms with Gasteiger partial charge in [0.25, 0.3) is 0 Å². The van der Waals surface area contributed by atoms with Crippen molar-refractivity contribution in [1.29, 1.82) is 0 Å². The van der Waals surface area contributed by atoms with E-state index in [-0.39, 0.29) is 11.8 Å². The lowest BCUT2D eigenvalue weighted by Gasteiger charge is -2.62. The van der Waals surface area contributed by atoms with Crippen molar-refractivity contribution in [1.82, 2.24) is 0 Å². The topological polar surface area (TPSA) is 99.1 Å². The van der Waals surface area contributed by atoms with Crippen molar-refractivity contribution in [2.75, 3.05) is 0 Å². The zero-order valence-corrected chi connectivity index (χ0v) is 28.0. The number of esters is 3. The zero-order chi connectivity index (χ0) is 32.2. The van der Waals surface area contributed by atoms with Crippen LogP contribution < -0.4 is 0 Å². The van der Waals surface area contributed by atoms with Gasteiger partial charge in [-0.05, 0) is 84.3 Å². The predicted octanol–water partition coefficient (Wildman–Crippen LogP) is 6.88. The van der Waals surface area contributed by atoms with Gasteiger partial charge in [-0.25, -0.2) is 0 Å². The van der Waals surface area contributed by atoms with Crippen LogP contribution in [0.4, 0.5) is 0 Å². The Morgan fingerprint density at radius 1 is 0.977 bits per heavy atom. The molecule has 0 aromatic rings. The maximum atomic E-state index is 12.6. The van der Waals surface area contributed by atoms with Crippen LogP contribution in [0.25, 0.3) is 0 Å². The van der Waals surface area contributed by atoms with Crippen molar-refractivity contribution in [3.63, 3.8) is 0 Å². The molecule has 0 aliphatic heterocycles. The molecule has 0 spiro atoms. The summed E-state index contributed by atoms with van der Waals surface area (Å²) in [7, 11) is 0. The number of carbonyl (C=O) groups excluding carboxylic acids is 3. The minimum Gasteiger partial charge on any atom is -0.459 e. The fourth-order valence-corrected chi connectivity index (χ4v) is 9.73. The summed E-state index contributed by atoms with van der Waals surface area (Å²) in [6.45, 7) is 23.6. The molecule has 1 fully saturated rings. The zero-order valence-electron chi connectivity index (χ0n) is 28.0. The third kappa shape index (κ3) is 5.64. The Balaban J connectivity index is 1.81. The van der Waals surface area contributed by atoms with Gasteiger partial charge in [-0.15, -0.1) is 0 Å². The highest BCUT2D eigenvalue weighted by molar-refractivity contribution is 5.68. The fraction of sp³-hybridized carbons (Fsp3) is 0.750. The highest BCUT2D eigenvalue weighted by atomic mass is 16.6. The molecule has 43 heavy (non-hydrogen) atoms. The summed E-state index contributed by atoms with van der Waals surface area (Å²) in [6.07, 6.45) is 4.13. The predicted molar refractivity (Wildman–Crippen MR) is 166 cm³/mol. The lowest BCUT2D eigenvalue weighted by atomic mass is 9.45. The van der Waals surface area contributed by atoms with E-state index in [4.69, 9.17) is 14.2 Å². The van der Waals surface area contributed by atoms with Gasteiger partial charge < -0.3 is 19.3 Å². The number of hydrogen-bond acceptors (Lipinski definition) is 7. The molecule has 1 N–H and O–H groups in total. The third-order valence-corrected chi connectivity index (χ3v) is 11.7. The van der Waals surface area contributed by atoms with Gasteiger partial charge in [0.1, 0.15) is 24.4 Å². The number of aliphatic hydroxyl groups is 1. The largest absolute Gasteiger partial charge is 0.459 e. The Hall–Kier alpha value is -2.41. The summed E-state index contributed by atoms with van der Waals surface area (Å²) in [4.78, 5) is 37.1. The van der Waals surface area contributed by atoms with Crippen LogP contribution in [0.15, 0.2) is 34.9 Å². The van der Waals surface area contributed by atoms with Gasteiger partial charge >= 0.3 is 17.9 Å². The van der Waals surface area contributed by atoms with E-state index in [9.17, 15) is 19.5 Å². The lowest BCUT2D eigenvalue weighted by molar-refractivity contribution is -0.207. The van der Waals surface area contributed by atoms with Crippen LogP contribution in [-0.2, 0) is 28.6 Å². The van der Waals surface area contributed by atoms with E-state index < -0.39 is 58.6 Å². The average Bonchev–Trinajstić information content (AvgIpc) is 3.24. The van der Waals surface area contributed by atoms with Crippen molar-refractivity contribution in [3.8, 4) is 0 Å². The summed E-state index contributed by atoms with van der Waals surface area (Å²) in [5, 5.41) is 12.4. The molecule has 240 valence electrons. The molecule has 0 heterocycles. The maximum Gasteiger partial charge on any atom is 0.303 e. The molecule has 9 atom stereocenters. The minimum absolute atomic E-state index is 0.0330. The molecule has 0 radical (unpaired) electrons. The van der Waals surface area contributed by atoms with Gasteiger partial charge in [0.15, 0.2) is 0 Å². The lowest BCUT2D eigenvalue weighted by Crippen LogP contribution is -2.63. The van der Waals surface area contributed by atoms with E-state index >= 15 is 0 Å². The standard InChI is InChI=1S/C36H54O7/c1-19(2)20(3)12-13-21(4)26-15-16-27-25-14-17-29-34(8,9)32(42-23(6)38)28(41-22(5)37)18-35(29,10)30(25)31(40)33(36(26,27)11)43-24(7)39/h16,19,21,26,28-29,31-33,40H,3,12-15,17-18H2,1-2,4-11H3/t21-,26-,28-,29+,31-,32+,33+,35+,36-/m1/s1. The Morgan fingerprint density at radius 2 is 1.56 bits per heavy atom. The van der Waals surface area contributed by atoms with Gasteiger partial charge in [0, 0.05) is 31.6 Å². The molecule has 0 aromatic heterocycles. The van der Waals surface area contributed by atoms with Crippen LogP contribution in [0.3, 0.4) is 0 Å². The van der Waals surface area contributed by atoms with Gasteiger partial charge in [0.05, 0.1) is 0 Å². The molecule has 0 bridgehead atoms. The maximum absolute atomic E-state index is 12.6. The second kappa shape index (κ2) is 11.8. The molecule has 0 saturated heterocycles. The first-order valence-corrected chi connectivity index (χ1v) is 16.2. The molecule has 0 unspecified atom stereocenters. The summed E-state index contributed by atoms with van der Waals surface area (Å²) in [5.41, 5.74) is 2.84. The van der Waals surface area contributed by atoms with Gasteiger partial charge in [-0.3, -0.25) is 14.4 Å². The Morgan fingerprint density at radius 3 is 2.12 bits per heavy atom. The SMILES string of the molecule is C=C(CC[C@@H](C)[C@H]1CC=C2C3=C([C@@H](O)[C@H](OC(C)=O)[C@@]21C)[C@@]1(C)C[C@@H](OC(C)=O)[C@H](OC(C)=O)C(C)(C)[C@@H]1CC3)C(C)C. The smallest absolute Gasteiger partial charge is 0.303 e. The molecule has 4 rings (SSSR count). The first-order valence-electron chi connectivity index (χ1n) is 16.2. The Bertz CT molecular complexity index is 1220. The van der Waals surface area contributed by atoms with E-state index in [1.807, 2.05) is 0 Å². The second-order valence-electron chi connectivity index (χ2n) is 15.2. The first kappa shape index (κ1) is 33.5. The molecule has 0 amide bonds. The molecule has 1 saturated carbocycles. The van der Waals surface area contributed by atoms with E-state index in [1.54, 1.807) is 0 Å². The van der Waals surface area contributed by atoms with Gasteiger partial charge in [-0.2, -0.15) is 0 Å². The van der Waals surface area contributed by atoms with Crippen molar-refractivity contribution in [2.45, 2.75) is 132 Å². The molecule has 0 aromatic carbocycles. The second-order valence-corrected chi connectivity index (χ2v) is 15.2. The Labute approximate surface area is 258 Å². The molecule has 4 aliphatic rings. The first-order chi connectivity index (χ1) is 19.9. The van der Waals surface area contributed by atoms with Crippen molar-refractivity contribution in [2.24, 2.45) is 39.9 Å². The summed E-state index contributed by atoms with van der Waals surface area (Å²) in [5.74, 6) is -0.253. The van der Waals surface area contributed by atoms with Crippen LogP contribution >= 0.6 is 0 Å². The average molecular weight is 599 g/mol. The molecule has 4 aliphatic carbocycles. The molecule has 7 heteroatoms. The summed E-state index contributed by atoms with van der Waals surface area (Å²) < 4.78 is 17.8. The normalized spacial score (nSPS) is 37.0. The number of rotatable bonds is 8. The van der Waals surface area contributed by atoms with Crippen LogP contribution in [0, 0.1) is 39.9 Å². The van der Waals surface area contributed by atoms with Crippen molar-refractivity contribution < 1.29 is 33.7 Å². The molecule has 7 nitrogen and oxygen atoms in total. The molecular formula is C36H54O7. The monoisotopic (exact) mass is 598 g/mol. The van der Waals surface area contributed by atoms with Crippen molar-refractivity contribution >= 4 is 17.9 Å². The van der Waals surface area contributed by atoms with E-state index in [0.717, 1.165) is 37.7 Å². The van der Waals surface area contributed by atoms with Gasteiger partial charge in [0.2, 0.25) is 0 Å². The van der Waals surface area contributed by atoms with E-state index in [0.29, 0.717) is 18.3 Å². The van der Waals surface area contributed by atoms with Crippen LogP contribution in [-0.4, -0.2) is 47.4 Å². The fourth-order valence-electron chi connectivity index (χ4n) is 9.73. The molecular weight excluding hydrogens is 544 g/mol. The van der Waals surface area contributed by atoms with Crippen LogP contribution in [0.2, 0.25) is 0 Å². The van der Waals surface area contributed by atoms with E-state index in [2.05, 4.69) is 61.1 Å². The third-order valence-electron chi connectivity index (χ3n) is 11.7. The number of ether oxygens (including phenoxy) is 3.